The molecule has 2 aromatic rings. The number of aromatic nitrogens is 2. The third kappa shape index (κ3) is 2.69. The molecule has 0 spiro atoms. The van der Waals surface area contributed by atoms with Crippen LogP contribution in [0.4, 0.5) is 5.69 Å². The SMILES string of the molecule is CCc1n[n+](-c2ccccc2)c(SC)c(NC)c1Cl. The van der Waals surface area contributed by atoms with Crippen LogP contribution in [-0.2, 0) is 6.42 Å². The lowest BCUT2D eigenvalue weighted by Crippen LogP contribution is -2.39. The van der Waals surface area contributed by atoms with Gasteiger partial charge in [-0.05, 0) is 17.4 Å². The predicted molar refractivity (Wildman–Crippen MR) is 81.5 cm³/mol. The van der Waals surface area contributed by atoms with Crippen molar-refractivity contribution in [3.63, 3.8) is 0 Å². The lowest BCUT2D eigenvalue weighted by molar-refractivity contribution is -0.696. The Labute approximate surface area is 123 Å². The molecule has 0 saturated heterocycles. The van der Waals surface area contributed by atoms with Crippen molar-refractivity contribution >= 4 is 29.1 Å². The minimum Gasteiger partial charge on any atom is -0.381 e. The van der Waals surface area contributed by atoms with Gasteiger partial charge in [-0.3, -0.25) is 0 Å². The van der Waals surface area contributed by atoms with Crippen molar-refractivity contribution in [2.24, 2.45) is 0 Å². The van der Waals surface area contributed by atoms with E-state index < -0.39 is 0 Å². The molecule has 0 radical (unpaired) electrons. The molecule has 1 heterocycles. The Morgan fingerprint density at radius 1 is 1.32 bits per heavy atom. The van der Waals surface area contributed by atoms with Crippen molar-refractivity contribution in [1.29, 1.82) is 0 Å². The van der Waals surface area contributed by atoms with Crippen LogP contribution in [0.3, 0.4) is 0 Å². The third-order valence-electron chi connectivity index (χ3n) is 2.88. The van der Waals surface area contributed by atoms with Crippen LogP contribution in [0.2, 0.25) is 5.02 Å². The molecule has 3 nitrogen and oxygen atoms in total. The minimum atomic E-state index is 0.710. The van der Waals surface area contributed by atoms with Gasteiger partial charge < -0.3 is 5.32 Å². The van der Waals surface area contributed by atoms with Crippen molar-refractivity contribution in [2.45, 2.75) is 18.4 Å². The highest BCUT2D eigenvalue weighted by atomic mass is 35.5. The van der Waals surface area contributed by atoms with E-state index in [1.807, 2.05) is 48.3 Å². The normalized spacial score (nSPS) is 10.5. The second-order valence-electron chi connectivity index (χ2n) is 4.00. The highest BCUT2D eigenvalue weighted by Gasteiger charge is 2.25. The number of thioether (sulfide) groups is 1. The lowest BCUT2D eigenvalue weighted by atomic mass is 10.2. The topological polar surface area (TPSA) is 28.8 Å². The molecule has 19 heavy (non-hydrogen) atoms. The number of anilines is 1. The highest BCUT2D eigenvalue weighted by molar-refractivity contribution is 7.98. The first-order chi connectivity index (χ1) is 9.22. The summed E-state index contributed by atoms with van der Waals surface area (Å²) in [6, 6.07) is 10.1. The van der Waals surface area contributed by atoms with E-state index >= 15 is 0 Å². The van der Waals surface area contributed by atoms with Crippen molar-refractivity contribution < 1.29 is 4.68 Å². The minimum absolute atomic E-state index is 0.710. The zero-order valence-corrected chi connectivity index (χ0v) is 12.8. The third-order valence-corrected chi connectivity index (χ3v) is 4.05. The number of nitrogens with zero attached hydrogens (tertiary/aromatic N) is 2. The zero-order chi connectivity index (χ0) is 13.8. The summed E-state index contributed by atoms with van der Waals surface area (Å²) in [6.45, 7) is 2.06. The molecule has 0 atom stereocenters. The van der Waals surface area contributed by atoms with Gasteiger partial charge in [0, 0.05) is 24.3 Å². The first-order valence-electron chi connectivity index (χ1n) is 6.14. The molecule has 1 N–H and O–H groups in total. The summed E-state index contributed by atoms with van der Waals surface area (Å²) in [6.07, 6.45) is 2.83. The van der Waals surface area contributed by atoms with E-state index in [-0.39, 0.29) is 0 Å². The van der Waals surface area contributed by atoms with Gasteiger partial charge in [0.1, 0.15) is 11.4 Å². The van der Waals surface area contributed by atoms with Crippen LogP contribution in [-0.4, -0.2) is 18.4 Å². The number of aryl methyl sites for hydroxylation is 1. The van der Waals surface area contributed by atoms with Gasteiger partial charge in [-0.15, -0.1) is 0 Å². The second-order valence-corrected chi connectivity index (χ2v) is 5.17. The fourth-order valence-electron chi connectivity index (χ4n) is 1.93. The van der Waals surface area contributed by atoms with Crippen molar-refractivity contribution in [3.05, 3.63) is 41.0 Å². The Morgan fingerprint density at radius 3 is 2.53 bits per heavy atom. The molecular formula is C14H17ClN3S+. The lowest BCUT2D eigenvalue weighted by Gasteiger charge is -2.09. The fourth-order valence-corrected chi connectivity index (χ4v) is 3.07. The van der Waals surface area contributed by atoms with E-state index in [2.05, 4.69) is 17.3 Å². The molecule has 0 bridgehead atoms. The maximum absolute atomic E-state index is 6.40. The summed E-state index contributed by atoms with van der Waals surface area (Å²) >= 11 is 8.03. The second kappa shape index (κ2) is 6.26. The van der Waals surface area contributed by atoms with E-state index in [4.69, 9.17) is 11.6 Å². The van der Waals surface area contributed by atoms with Crippen LogP contribution < -0.4 is 10.00 Å². The molecule has 0 amide bonds. The molecule has 0 unspecified atom stereocenters. The molecule has 2 rings (SSSR count). The molecule has 1 aromatic heterocycles. The van der Waals surface area contributed by atoms with E-state index in [1.54, 1.807) is 11.8 Å². The Kier molecular flexibility index (Phi) is 4.66. The molecule has 1 aromatic carbocycles. The molecular weight excluding hydrogens is 278 g/mol. The number of benzene rings is 1. The van der Waals surface area contributed by atoms with Gasteiger partial charge in [0.25, 0.3) is 5.03 Å². The van der Waals surface area contributed by atoms with E-state index in [9.17, 15) is 0 Å². The number of nitrogens with one attached hydrogen (secondary N) is 1. The quantitative estimate of drug-likeness (QED) is 0.693. The van der Waals surface area contributed by atoms with Gasteiger partial charge in [-0.25, -0.2) is 0 Å². The van der Waals surface area contributed by atoms with Crippen LogP contribution in [0.15, 0.2) is 35.4 Å². The van der Waals surface area contributed by atoms with Gasteiger partial charge >= 0.3 is 0 Å². The Balaban J connectivity index is 2.72. The smallest absolute Gasteiger partial charge is 0.297 e. The van der Waals surface area contributed by atoms with E-state index in [1.165, 1.54) is 0 Å². The summed E-state index contributed by atoms with van der Waals surface area (Å²) < 4.78 is 1.95. The number of rotatable bonds is 4. The van der Waals surface area contributed by atoms with Crippen LogP contribution >= 0.6 is 23.4 Å². The predicted octanol–water partition coefficient (Wildman–Crippen LogP) is 3.34. The summed E-state index contributed by atoms with van der Waals surface area (Å²) in [7, 11) is 1.88. The standard InChI is InChI=1S/C14H17ClN3S/c1-4-11-12(15)13(16-2)14(19-3)18(17-11)10-8-6-5-7-9-10/h5-9H,4H2,1-3H3,(H,16,17)/q+1. The Morgan fingerprint density at radius 2 is 2.00 bits per heavy atom. The zero-order valence-electron chi connectivity index (χ0n) is 11.3. The van der Waals surface area contributed by atoms with Crippen molar-refractivity contribution in [3.8, 4) is 5.69 Å². The molecule has 0 aliphatic carbocycles. The molecule has 0 saturated carbocycles. The van der Waals surface area contributed by atoms with Gasteiger partial charge in [0.05, 0.1) is 5.02 Å². The number of halogens is 1. The van der Waals surface area contributed by atoms with Crippen molar-refractivity contribution in [1.82, 2.24) is 5.10 Å². The van der Waals surface area contributed by atoms with E-state index in [0.29, 0.717) is 5.02 Å². The number of para-hydroxylation sites is 1. The molecule has 0 aliphatic heterocycles. The summed E-state index contributed by atoms with van der Waals surface area (Å²) in [5.74, 6) is 0. The van der Waals surface area contributed by atoms with Crippen LogP contribution in [0.5, 0.6) is 0 Å². The first-order valence-corrected chi connectivity index (χ1v) is 7.75. The van der Waals surface area contributed by atoms with Gasteiger partial charge in [0.15, 0.2) is 0 Å². The fraction of sp³-hybridized carbons (Fsp3) is 0.286. The maximum atomic E-state index is 6.40. The number of hydrogen-bond acceptors (Lipinski definition) is 3. The molecule has 5 heteroatoms. The van der Waals surface area contributed by atoms with Gasteiger partial charge in [-0.2, -0.15) is 0 Å². The molecule has 0 fully saturated rings. The Bertz CT molecular complexity index is 573. The van der Waals surface area contributed by atoms with Gasteiger partial charge in [-0.1, -0.05) is 48.5 Å². The first kappa shape index (κ1) is 14.2. The van der Waals surface area contributed by atoms with Gasteiger partial charge in [0.2, 0.25) is 5.69 Å². The maximum Gasteiger partial charge on any atom is 0.297 e. The summed E-state index contributed by atoms with van der Waals surface area (Å²) in [5, 5.41) is 9.57. The molecule has 0 aliphatic rings. The monoisotopic (exact) mass is 294 g/mol. The summed E-state index contributed by atoms with van der Waals surface area (Å²) in [5.41, 5.74) is 2.87. The van der Waals surface area contributed by atoms with E-state index in [0.717, 1.165) is 28.5 Å². The van der Waals surface area contributed by atoms with Crippen LogP contribution in [0, 0.1) is 0 Å². The van der Waals surface area contributed by atoms with Crippen LogP contribution in [0.1, 0.15) is 12.6 Å². The Hall–Kier alpha value is -1.26. The van der Waals surface area contributed by atoms with Crippen LogP contribution in [0.25, 0.3) is 5.69 Å². The highest BCUT2D eigenvalue weighted by Crippen LogP contribution is 2.31. The average molecular weight is 295 g/mol. The molecule has 100 valence electrons. The summed E-state index contributed by atoms with van der Waals surface area (Å²) in [4.78, 5) is 0. The average Bonchev–Trinajstić information content (AvgIpc) is 2.47. The van der Waals surface area contributed by atoms with Crippen molar-refractivity contribution in [2.75, 3.05) is 18.6 Å². The number of hydrogen-bond donors (Lipinski definition) is 1. The largest absolute Gasteiger partial charge is 0.381 e.